The van der Waals surface area contributed by atoms with Crippen LogP contribution in [0, 0.1) is 16.0 Å². The molecule has 13 heteroatoms. The summed E-state index contributed by atoms with van der Waals surface area (Å²) in [5, 5.41) is 14.8. The van der Waals surface area contributed by atoms with Gasteiger partial charge in [0.05, 0.1) is 16.9 Å². The molecule has 0 bridgehead atoms. The van der Waals surface area contributed by atoms with Gasteiger partial charge in [0.15, 0.2) is 0 Å². The molecule has 10 nitrogen and oxygen atoms in total. The summed E-state index contributed by atoms with van der Waals surface area (Å²) in [5.74, 6) is -1.04. The van der Waals surface area contributed by atoms with Crippen LogP contribution in [0.3, 0.4) is 0 Å². The summed E-state index contributed by atoms with van der Waals surface area (Å²) < 4.78 is 26.5. The summed E-state index contributed by atoms with van der Waals surface area (Å²) in [7, 11) is -4.09. The molecule has 3 rings (SSSR count). The highest BCUT2D eigenvalue weighted by atomic mass is 35.5. The van der Waals surface area contributed by atoms with Crippen molar-refractivity contribution in [2.75, 3.05) is 23.7 Å². The summed E-state index contributed by atoms with van der Waals surface area (Å²) in [6.07, 6.45) is 1.01. The van der Waals surface area contributed by atoms with Crippen LogP contribution in [0.15, 0.2) is 72.8 Å². The zero-order valence-electron chi connectivity index (χ0n) is 23.4. The first-order chi connectivity index (χ1) is 19.8. The number of nitrogens with one attached hydrogen (secondary N) is 1. The standard InChI is InChI=1S/C29H32Cl2N4O6S/c1-20(2)17-32-29(37)27(15-21-9-5-4-6-10-21)33(18-24-25(30)13-8-14-26(24)31)28(36)19-34(42(3,40)41)22-11-7-12-23(16-22)35(38)39/h4-14,16,20,27H,15,17-19H2,1-3H3,(H,32,37). The molecular formula is C29H32Cl2N4O6S. The van der Waals surface area contributed by atoms with Crippen molar-refractivity contribution in [3.63, 3.8) is 0 Å². The van der Waals surface area contributed by atoms with Gasteiger partial charge in [-0.1, -0.05) is 79.5 Å². The number of carbonyl (C=O) groups is 2. The van der Waals surface area contributed by atoms with Gasteiger partial charge in [0.25, 0.3) is 5.69 Å². The number of anilines is 1. The Morgan fingerprint density at radius 3 is 2.17 bits per heavy atom. The zero-order chi connectivity index (χ0) is 31.0. The second-order valence-electron chi connectivity index (χ2n) is 10.1. The third-order valence-electron chi connectivity index (χ3n) is 6.35. The SMILES string of the molecule is CC(C)CNC(=O)C(Cc1ccccc1)N(Cc1c(Cl)cccc1Cl)C(=O)CN(c1cccc([N+](=O)[O-])c1)S(C)(=O)=O. The number of halogens is 2. The normalized spacial score (nSPS) is 12.0. The maximum absolute atomic E-state index is 14.1. The second-order valence-corrected chi connectivity index (χ2v) is 12.8. The number of sulfonamides is 1. The lowest BCUT2D eigenvalue weighted by molar-refractivity contribution is -0.384. The molecule has 0 fully saturated rings. The van der Waals surface area contributed by atoms with Gasteiger partial charge in [0.1, 0.15) is 12.6 Å². The van der Waals surface area contributed by atoms with Crippen molar-refractivity contribution >= 4 is 56.4 Å². The van der Waals surface area contributed by atoms with Gasteiger partial charge in [-0.15, -0.1) is 0 Å². The van der Waals surface area contributed by atoms with Crippen LogP contribution in [0.2, 0.25) is 10.0 Å². The number of hydrogen-bond acceptors (Lipinski definition) is 6. The molecule has 0 spiro atoms. The highest BCUT2D eigenvalue weighted by Gasteiger charge is 2.34. The van der Waals surface area contributed by atoms with Gasteiger partial charge in [0.2, 0.25) is 21.8 Å². The largest absolute Gasteiger partial charge is 0.354 e. The van der Waals surface area contributed by atoms with Crippen LogP contribution < -0.4 is 9.62 Å². The van der Waals surface area contributed by atoms with E-state index in [1.165, 1.54) is 23.1 Å². The fourth-order valence-electron chi connectivity index (χ4n) is 4.21. The van der Waals surface area contributed by atoms with Gasteiger partial charge in [-0.2, -0.15) is 0 Å². The number of carbonyl (C=O) groups excluding carboxylic acids is 2. The van der Waals surface area contributed by atoms with Gasteiger partial charge in [0, 0.05) is 47.3 Å². The maximum Gasteiger partial charge on any atom is 0.271 e. The van der Waals surface area contributed by atoms with Crippen molar-refractivity contribution in [2.45, 2.75) is 32.9 Å². The number of benzene rings is 3. The lowest BCUT2D eigenvalue weighted by Gasteiger charge is -2.34. The van der Waals surface area contributed by atoms with E-state index in [-0.39, 0.29) is 40.3 Å². The topological polar surface area (TPSA) is 130 Å². The molecule has 0 radical (unpaired) electrons. The zero-order valence-corrected chi connectivity index (χ0v) is 25.7. The average molecular weight is 636 g/mol. The van der Waals surface area contributed by atoms with E-state index >= 15 is 0 Å². The number of amides is 2. The molecule has 1 unspecified atom stereocenters. The Kier molecular flexibility index (Phi) is 11.3. The minimum Gasteiger partial charge on any atom is -0.354 e. The van der Waals surface area contributed by atoms with Gasteiger partial charge in [-0.05, 0) is 29.7 Å². The van der Waals surface area contributed by atoms with E-state index in [0.717, 1.165) is 22.2 Å². The van der Waals surface area contributed by atoms with Crippen LogP contribution in [-0.2, 0) is 32.6 Å². The van der Waals surface area contributed by atoms with Crippen LogP contribution in [0.1, 0.15) is 25.0 Å². The van der Waals surface area contributed by atoms with Crippen LogP contribution in [0.4, 0.5) is 11.4 Å². The van der Waals surface area contributed by atoms with E-state index in [2.05, 4.69) is 5.32 Å². The lowest BCUT2D eigenvalue weighted by Crippen LogP contribution is -2.53. The number of hydrogen-bond donors (Lipinski definition) is 1. The monoisotopic (exact) mass is 634 g/mol. The highest BCUT2D eigenvalue weighted by Crippen LogP contribution is 2.28. The summed E-state index contributed by atoms with van der Waals surface area (Å²) in [6.45, 7) is 3.29. The molecule has 0 aliphatic carbocycles. The number of rotatable bonds is 13. The van der Waals surface area contributed by atoms with E-state index in [1.54, 1.807) is 18.2 Å². The first-order valence-corrected chi connectivity index (χ1v) is 15.6. The Bertz CT molecular complexity index is 1520. The molecule has 0 saturated carbocycles. The highest BCUT2D eigenvalue weighted by molar-refractivity contribution is 7.92. The minimum atomic E-state index is -4.09. The van der Waals surface area contributed by atoms with E-state index < -0.39 is 39.3 Å². The van der Waals surface area contributed by atoms with Crippen LogP contribution in [0.5, 0.6) is 0 Å². The fraction of sp³-hybridized carbons (Fsp3) is 0.310. The smallest absolute Gasteiger partial charge is 0.271 e. The molecule has 2 amide bonds. The fourth-order valence-corrected chi connectivity index (χ4v) is 5.56. The quantitative estimate of drug-likeness (QED) is 0.206. The molecule has 3 aromatic rings. The summed E-state index contributed by atoms with van der Waals surface area (Å²) in [4.78, 5) is 39.7. The molecule has 224 valence electrons. The molecular weight excluding hydrogens is 603 g/mol. The predicted octanol–water partition coefficient (Wildman–Crippen LogP) is 5.08. The minimum absolute atomic E-state index is 0.0698. The number of non-ortho nitro benzene ring substituents is 1. The first-order valence-electron chi connectivity index (χ1n) is 13.0. The Balaban J connectivity index is 2.11. The Morgan fingerprint density at radius 2 is 1.60 bits per heavy atom. The van der Waals surface area contributed by atoms with Crippen molar-refractivity contribution in [1.82, 2.24) is 10.2 Å². The molecule has 0 aromatic heterocycles. The summed E-state index contributed by atoms with van der Waals surface area (Å²) in [5.41, 5.74) is 0.733. The summed E-state index contributed by atoms with van der Waals surface area (Å²) in [6, 6.07) is 17.8. The van der Waals surface area contributed by atoms with Gasteiger partial charge >= 0.3 is 0 Å². The average Bonchev–Trinajstić information content (AvgIpc) is 2.93. The Hall–Kier alpha value is -3.67. The summed E-state index contributed by atoms with van der Waals surface area (Å²) >= 11 is 12.9. The van der Waals surface area contributed by atoms with E-state index in [0.29, 0.717) is 12.1 Å². The predicted molar refractivity (Wildman–Crippen MR) is 164 cm³/mol. The third kappa shape index (κ3) is 8.91. The molecule has 0 saturated heterocycles. The van der Waals surface area contributed by atoms with Crippen LogP contribution in [-0.4, -0.2) is 55.4 Å². The molecule has 3 aromatic carbocycles. The number of nitrogens with zero attached hydrogens (tertiary/aromatic N) is 3. The van der Waals surface area contributed by atoms with Crippen molar-refractivity contribution in [3.05, 3.63) is 104 Å². The van der Waals surface area contributed by atoms with Crippen molar-refractivity contribution in [2.24, 2.45) is 5.92 Å². The van der Waals surface area contributed by atoms with Gasteiger partial charge < -0.3 is 10.2 Å². The number of nitro groups is 1. The van der Waals surface area contributed by atoms with Gasteiger partial charge in [-0.3, -0.25) is 24.0 Å². The van der Waals surface area contributed by atoms with E-state index in [4.69, 9.17) is 23.2 Å². The molecule has 1 N–H and O–H groups in total. The second kappa shape index (κ2) is 14.5. The van der Waals surface area contributed by atoms with Gasteiger partial charge in [-0.25, -0.2) is 8.42 Å². The van der Waals surface area contributed by atoms with Crippen molar-refractivity contribution < 1.29 is 22.9 Å². The third-order valence-corrected chi connectivity index (χ3v) is 8.20. The van der Waals surface area contributed by atoms with E-state index in [1.807, 2.05) is 44.2 Å². The van der Waals surface area contributed by atoms with Crippen LogP contribution in [0.25, 0.3) is 0 Å². The number of nitro benzene ring substituents is 1. The maximum atomic E-state index is 14.1. The lowest BCUT2D eigenvalue weighted by atomic mass is 10.0. The Morgan fingerprint density at radius 1 is 0.976 bits per heavy atom. The first kappa shape index (κ1) is 32.8. The molecule has 42 heavy (non-hydrogen) atoms. The molecule has 0 heterocycles. The molecule has 0 aliphatic rings. The van der Waals surface area contributed by atoms with Crippen molar-refractivity contribution in [3.8, 4) is 0 Å². The van der Waals surface area contributed by atoms with Crippen molar-refractivity contribution in [1.29, 1.82) is 0 Å². The molecule has 0 aliphatic heterocycles. The Labute approximate surface area is 255 Å². The molecule has 1 atom stereocenters. The van der Waals surface area contributed by atoms with E-state index in [9.17, 15) is 28.1 Å². The van der Waals surface area contributed by atoms with Crippen LogP contribution >= 0.6 is 23.2 Å².